The van der Waals surface area contributed by atoms with E-state index in [9.17, 15) is 4.39 Å². The van der Waals surface area contributed by atoms with Gasteiger partial charge in [0.05, 0.1) is 12.4 Å². The Morgan fingerprint density at radius 1 is 1.00 bits per heavy atom. The third-order valence-corrected chi connectivity index (χ3v) is 4.88. The van der Waals surface area contributed by atoms with Crippen molar-refractivity contribution in [3.05, 3.63) is 29.4 Å². The Morgan fingerprint density at radius 3 is 2.16 bits per heavy atom. The molecular formula is C15H18FN3. The summed E-state index contributed by atoms with van der Waals surface area (Å²) in [6.45, 7) is 0. The van der Waals surface area contributed by atoms with E-state index in [2.05, 4.69) is 14.9 Å². The molecule has 100 valence electrons. The first kappa shape index (κ1) is 11.4. The second kappa shape index (κ2) is 4.29. The Kier molecular flexibility index (Phi) is 2.57. The Morgan fingerprint density at radius 2 is 1.63 bits per heavy atom. The number of hydrogen-bond acceptors (Lipinski definition) is 3. The lowest BCUT2D eigenvalue weighted by atomic mass is 9.82. The molecule has 19 heavy (non-hydrogen) atoms. The highest BCUT2D eigenvalue weighted by molar-refractivity contribution is 5.41. The molecule has 1 aromatic rings. The van der Waals surface area contributed by atoms with Crippen LogP contribution in [0, 0.1) is 5.82 Å². The molecule has 0 aromatic carbocycles. The van der Waals surface area contributed by atoms with Crippen molar-refractivity contribution >= 4 is 5.95 Å². The fraction of sp³-hybridized carbons (Fsp3) is 0.600. The molecule has 2 unspecified atom stereocenters. The van der Waals surface area contributed by atoms with Crippen molar-refractivity contribution in [2.24, 2.45) is 0 Å². The minimum Gasteiger partial charge on any atom is -0.334 e. The van der Waals surface area contributed by atoms with E-state index in [-0.39, 0.29) is 5.82 Å². The lowest BCUT2D eigenvalue weighted by Crippen LogP contribution is -2.42. The van der Waals surface area contributed by atoms with Crippen molar-refractivity contribution in [2.45, 2.75) is 57.0 Å². The summed E-state index contributed by atoms with van der Waals surface area (Å²) in [5, 5.41) is 0. The molecule has 0 N–H and O–H groups in total. The van der Waals surface area contributed by atoms with Gasteiger partial charge in [0.2, 0.25) is 5.95 Å². The zero-order valence-corrected chi connectivity index (χ0v) is 11.0. The summed E-state index contributed by atoms with van der Waals surface area (Å²) in [6, 6.07) is 1.07. The average Bonchev–Trinajstić information content (AvgIpc) is 2.61. The summed E-state index contributed by atoms with van der Waals surface area (Å²) < 4.78 is 12.9. The monoisotopic (exact) mass is 259 g/mol. The van der Waals surface area contributed by atoms with Crippen LogP contribution in [0.25, 0.3) is 0 Å². The minimum absolute atomic E-state index is 0.356. The van der Waals surface area contributed by atoms with Crippen LogP contribution in [0.1, 0.15) is 44.9 Å². The summed E-state index contributed by atoms with van der Waals surface area (Å²) in [4.78, 5) is 10.7. The Balaban J connectivity index is 1.61. The van der Waals surface area contributed by atoms with Crippen molar-refractivity contribution in [3.8, 4) is 0 Å². The van der Waals surface area contributed by atoms with Gasteiger partial charge in [-0.3, -0.25) is 0 Å². The maximum absolute atomic E-state index is 12.9. The Bertz CT molecular complexity index is 501. The van der Waals surface area contributed by atoms with Gasteiger partial charge in [0, 0.05) is 12.1 Å². The predicted molar refractivity (Wildman–Crippen MR) is 71.4 cm³/mol. The molecule has 2 bridgehead atoms. The average molecular weight is 259 g/mol. The maximum atomic E-state index is 12.9. The van der Waals surface area contributed by atoms with Crippen LogP contribution in [0.5, 0.6) is 0 Å². The molecule has 4 heteroatoms. The van der Waals surface area contributed by atoms with Crippen molar-refractivity contribution in [1.82, 2.24) is 9.97 Å². The van der Waals surface area contributed by atoms with Crippen LogP contribution in [-0.2, 0) is 0 Å². The highest BCUT2D eigenvalue weighted by Gasteiger charge is 2.40. The fourth-order valence-electron chi connectivity index (χ4n) is 3.78. The van der Waals surface area contributed by atoms with E-state index in [1.165, 1.54) is 57.3 Å². The van der Waals surface area contributed by atoms with E-state index in [1.54, 1.807) is 11.1 Å². The minimum atomic E-state index is -0.356. The third-order valence-electron chi connectivity index (χ3n) is 4.88. The molecule has 1 aromatic heterocycles. The zero-order valence-electron chi connectivity index (χ0n) is 11.0. The van der Waals surface area contributed by atoms with Crippen LogP contribution < -0.4 is 4.90 Å². The van der Waals surface area contributed by atoms with E-state index in [1.807, 2.05) is 0 Å². The number of halogens is 1. The molecule has 3 fully saturated rings. The lowest BCUT2D eigenvalue weighted by molar-refractivity contribution is 0.511. The summed E-state index contributed by atoms with van der Waals surface area (Å²) >= 11 is 0. The number of hydrogen-bond donors (Lipinski definition) is 0. The van der Waals surface area contributed by atoms with Crippen LogP contribution in [0.15, 0.2) is 23.5 Å². The first-order chi connectivity index (χ1) is 9.31. The van der Waals surface area contributed by atoms with Gasteiger partial charge in [-0.15, -0.1) is 0 Å². The number of allylic oxidation sites excluding steroid dienone is 1. The summed E-state index contributed by atoms with van der Waals surface area (Å²) in [7, 11) is 0. The van der Waals surface area contributed by atoms with Gasteiger partial charge in [-0.05, 0) is 44.9 Å². The van der Waals surface area contributed by atoms with E-state index in [0.717, 1.165) is 0 Å². The predicted octanol–water partition coefficient (Wildman–Crippen LogP) is 3.23. The molecule has 0 radical (unpaired) electrons. The van der Waals surface area contributed by atoms with Gasteiger partial charge in [-0.25, -0.2) is 14.4 Å². The first-order valence-corrected chi connectivity index (χ1v) is 7.27. The van der Waals surface area contributed by atoms with E-state index >= 15 is 0 Å². The van der Waals surface area contributed by atoms with Crippen LogP contribution in [0.4, 0.5) is 10.3 Å². The number of rotatable bonds is 1. The molecule has 3 aliphatic rings. The molecule has 2 saturated heterocycles. The van der Waals surface area contributed by atoms with Gasteiger partial charge in [0.1, 0.15) is 0 Å². The van der Waals surface area contributed by atoms with Crippen molar-refractivity contribution in [1.29, 1.82) is 0 Å². The van der Waals surface area contributed by atoms with Gasteiger partial charge in [-0.2, -0.15) is 0 Å². The van der Waals surface area contributed by atoms with Gasteiger partial charge < -0.3 is 4.90 Å². The van der Waals surface area contributed by atoms with E-state index in [0.29, 0.717) is 18.0 Å². The smallest absolute Gasteiger partial charge is 0.225 e. The van der Waals surface area contributed by atoms with Gasteiger partial charge in [0.15, 0.2) is 5.82 Å². The highest BCUT2D eigenvalue weighted by atomic mass is 19.1. The number of fused-ring (bicyclic) bond motifs is 2. The number of nitrogens with zero attached hydrogens (tertiary/aromatic N) is 3. The Hall–Kier alpha value is -1.45. The number of anilines is 1. The van der Waals surface area contributed by atoms with Gasteiger partial charge >= 0.3 is 0 Å². The fourth-order valence-corrected chi connectivity index (χ4v) is 3.78. The molecule has 1 saturated carbocycles. The molecule has 2 aliphatic heterocycles. The summed E-state index contributed by atoms with van der Waals surface area (Å²) in [5.41, 5.74) is 3.42. The van der Waals surface area contributed by atoms with Crippen molar-refractivity contribution in [2.75, 3.05) is 4.90 Å². The van der Waals surface area contributed by atoms with Crippen molar-refractivity contribution in [3.63, 3.8) is 0 Å². The third kappa shape index (κ3) is 1.85. The maximum Gasteiger partial charge on any atom is 0.225 e. The second-order valence-corrected chi connectivity index (χ2v) is 5.96. The summed E-state index contributed by atoms with van der Waals surface area (Å²) in [5.74, 6) is 0.358. The molecule has 3 heterocycles. The largest absolute Gasteiger partial charge is 0.334 e. The van der Waals surface area contributed by atoms with Crippen molar-refractivity contribution < 1.29 is 4.39 Å². The normalized spacial score (nSPS) is 29.6. The molecule has 3 nitrogen and oxygen atoms in total. The molecule has 4 rings (SSSR count). The summed E-state index contributed by atoms with van der Waals surface area (Å²) in [6.07, 6.45) is 11.4. The Labute approximate surface area is 112 Å². The van der Waals surface area contributed by atoms with Gasteiger partial charge in [-0.1, -0.05) is 11.1 Å². The van der Waals surface area contributed by atoms with Gasteiger partial charge in [0.25, 0.3) is 0 Å². The van der Waals surface area contributed by atoms with Crippen LogP contribution in [0.2, 0.25) is 0 Å². The quantitative estimate of drug-likeness (QED) is 0.725. The zero-order chi connectivity index (χ0) is 12.8. The lowest BCUT2D eigenvalue weighted by Gasteiger charge is -2.38. The molecule has 2 atom stereocenters. The van der Waals surface area contributed by atoms with Crippen LogP contribution >= 0.6 is 0 Å². The van der Waals surface area contributed by atoms with Crippen LogP contribution in [0.3, 0.4) is 0 Å². The topological polar surface area (TPSA) is 29.0 Å². The molecular weight excluding hydrogens is 241 g/mol. The molecule has 1 aliphatic carbocycles. The van der Waals surface area contributed by atoms with Crippen LogP contribution in [-0.4, -0.2) is 22.1 Å². The van der Waals surface area contributed by atoms with E-state index < -0.39 is 0 Å². The SMILES string of the molecule is Fc1cnc(N2C3CCC2CC(=C2CCC2)C3)nc1. The standard InChI is InChI=1S/C15H18FN3/c16-12-8-17-15(18-9-12)19-13-4-5-14(19)7-11(6-13)10-2-1-3-10/h8-9,13-14H,1-7H2. The highest BCUT2D eigenvalue weighted by Crippen LogP contribution is 2.44. The molecule has 0 spiro atoms. The number of piperidine rings is 1. The second-order valence-electron chi connectivity index (χ2n) is 5.96. The molecule has 0 amide bonds. The van der Waals surface area contributed by atoms with E-state index in [4.69, 9.17) is 0 Å². The number of aromatic nitrogens is 2. The first-order valence-electron chi connectivity index (χ1n) is 7.27.